The number of ether oxygens (including phenoxy) is 1. The van der Waals surface area contributed by atoms with E-state index in [0.29, 0.717) is 11.5 Å². The summed E-state index contributed by atoms with van der Waals surface area (Å²) in [5.74, 6) is 0.485. The Hall–Kier alpha value is -2.80. The quantitative estimate of drug-likeness (QED) is 0.793. The van der Waals surface area contributed by atoms with E-state index in [4.69, 9.17) is 25.2 Å². The maximum atomic E-state index is 12.2. The molecule has 2 heterocycles. The van der Waals surface area contributed by atoms with Crippen LogP contribution in [0.2, 0.25) is 5.02 Å². The zero-order chi connectivity index (χ0) is 15.5. The van der Waals surface area contributed by atoms with Gasteiger partial charge in [-0.15, -0.1) is 5.10 Å². The summed E-state index contributed by atoms with van der Waals surface area (Å²) in [6, 6.07) is 8.16. The van der Waals surface area contributed by atoms with Crippen molar-refractivity contribution in [2.75, 3.05) is 12.4 Å². The molecular weight excluding hydrogens is 310 g/mol. The monoisotopic (exact) mass is 319 g/mol. The van der Waals surface area contributed by atoms with Crippen molar-refractivity contribution in [1.29, 1.82) is 0 Å². The van der Waals surface area contributed by atoms with E-state index >= 15 is 0 Å². The molecule has 22 heavy (non-hydrogen) atoms. The Morgan fingerprint density at radius 3 is 2.86 bits per heavy atom. The first kappa shape index (κ1) is 14.2. The summed E-state index contributed by atoms with van der Waals surface area (Å²) in [5.41, 5.74) is 0.235. The summed E-state index contributed by atoms with van der Waals surface area (Å²) < 4.78 is 15.5. The van der Waals surface area contributed by atoms with Crippen molar-refractivity contribution in [1.82, 2.24) is 10.2 Å². The van der Waals surface area contributed by atoms with Crippen LogP contribution in [0.25, 0.3) is 11.7 Å². The molecule has 0 aliphatic carbocycles. The van der Waals surface area contributed by atoms with Gasteiger partial charge in [0.1, 0.15) is 5.75 Å². The fourth-order valence-electron chi connectivity index (χ4n) is 1.78. The maximum Gasteiger partial charge on any atom is 0.322 e. The van der Waals surface area contributed by atoms with E-state index in [1.807, 2.05) is 0 Å². The summed E-state index contributed by atoms with van der Waals surface area (Å²) in [6.07, 6.45) is 1.48. The van der Waals surface area contributed by atoms with Gasteiger partial charge in [0.2, 0.25) is 0 Å². The molecule has 1 aromatic carbocycles. The Morgan fingerprint density at radius 2 is 2.14 bits per heavy atom. The Labute approximate surface area is 129 Å². The highest BCUT2D eigenvalue weighted by atomic mass is 35.5. The number of aromatic nitrogens is 2. The van der Waals surface area contributed by atoms with Crippen molar-refractivity contribution < 1.29 is 18.4 Å². The van der Waals surface area contributed by atoms with Gasteiger partial charge in [-0.05, 0) is 24.3 Å². The van der Waals surface area contributed by atoms with Crippen LogP contribution in [0.4, 0.5) is 6.01 Å². The molecule has 8 heteroatoms. The number of carbonyl (C=O) groups is 1. The smallest absolute Gasteiger partial charge is 0.322 e. The SMILES string of the molecule is COc1cccc(C(=O)Nc2nnc(-c3ccco3)o2)c1Cl. The minimum Gasteiger partial charge on any atom is -0.495 e. The number of anilines is 1. The topological polar surface area (TPSA) is 90.4 Å². The zero-order valence-corrected chi connectivity index (χ0v) is 12.1. The van der Waals surface area contributed by atoms with E-state index in [9.17, 15) is 4.79 Å². The second-order valence-corrected chi connectivity index (χ2v) is 4.54. The first-order chi connectivity index (χ1) is 10.7. The molecule has 3 rings (SSSR count). The molecule has 0 spiro atoms. The number of methoxy groups -OCH3 is 1. The third-order valence-corrected chi connectivity index (χ3v) is 3.20. The predicted octanol–water partition coefficient (Wildman–Crippen LogP) is 3.24. The minimum absolute atomic E-state index is 0.0599. The highest BCUT2D eigenvalue weighted by Crippen LogP contribution is 2.28. The highest BCUT2D eigenvalue weighted by Gasteiger charge is 2.17. The second kappa shape index (κ2) is 5.90. The van der Waals surface area contributed by atoms with Gasteiger partial charge in [0.25, 0.3) is 11.8 Å². The number of furan rings is 1. The molecule has 3 aromatic rings. The van der Waals surface area contributed by atoms with Crippen LogP contribution < -0.4 is 10.1 Å². The number of hydrogen-bond acceptors (Lipinski definition) is 6. The number of amides is 1. The van der Waals surface area contributed by atoms with Gasteiger partial charge in [0.05, 0.1) is 24.0 Å². The number of carbonyl (C=O) groups excluding carboxylic acids is 1. The molecule has 0 aliphatic rings. The van der Waals surface area contributed by atoms with Gasteiger partial charge in [-0.25, -0.2) is 0 Å². The fraction of sp³-hybridized carbons (Fsp3) is 0.0714. The molecule has 1 amide bonds. The van der Waals surface area contributed by atoms with Crippen molar-refractivity contribution in [2.24, 2.45) is 0 Å². The molecule has 0 saturated heterocycles. The van der Waals surface area contributed by atoms with E-state index in [0.717, 1.165) is 0 Å². The number of nitrogens with one attached hydrogen (secondary N) is 1. The average Bonchev–Trinajstić information content (AvgIpc) is 3.18. The third-order valence-electron chi connectivity index (χ3n) is 2.81. The van der Waals surface area contributed by atoms with Crippen LogP contribution in [0.1, 0.15) is 10.4 Å². The molecule has 0 aliphatic heterocycles. The zero-order valence-electron chi connectivity index (χ0n) is 11.4. The normalized spacial score (nSPS) is 10.5. The van der Waals surface area contributed by atoms with E-state index < -0.39 is 5.91 Å². The number of nitrogens with zero attached hydrogens (tertiary/aromatic N) is 2. The molecule has 0 radical (unpaired) electrons. The van der Waals surface area contributed by atoms with Gasteiger partial charge < -0.3 is 13.6 Å². The molecule has 0 unspecified atom stereocenters. The van der Waals surface area contributed by atoms with Crippen molar-refractivity contribution >= 4 is 23.5 Å². The molecular formula is C14H10ClN3O4. The molecule has 112 valence electrons. The number of rotatable bonds is 4. The lowest BCUT2D eigenvalue weighted by Gasteiger charge is -2.07. The first-order valence-corrected chi connectivity index (χ1v) is 6.58. The van der Waals surface area contributed by atoms with E-state index in [-0.39, 0.29) is 22.5 Å². The van der Waals surface area contributed by atoms with E-state index in [1.54, 1.807) is 30.3 Å². The average molecular weight is 320 g/mol. The summed E-state index contributed by atoms with van der Waals surface area (Å²) in [5, 5.41) is 10.2. The summed E-state index contributed by atoms with van der Waals surface area (Å²) in [6.45, 7) is 0. The molecule has 0 bridgehead atoms. The molecule has 2 aromatic heterocycles. The van der Waals surface area contributed by atoms with E-state index in [1.165, 1.54) is 13.4 Å². The Balaban J connectivity index is 1.80. The molecule has 1 N–H and O–H groups in total. The molecule has 0 saturated carbocycles. The lowest BCUT2D eigenvalue weighted by molar-refractivity contribution is 0.102. The lowest BCUT2D eigenvalue weighted by Crippen LogP contribution is -2.13. The summed E-state index contributed by atoms with van der Waals surface area (Å²) in [4.78, 5) is 12.2. The Morgan fingerprint density at radius 1 is 1.27 bits per heavy atom. The molecule has 0 fully saturated rings. The van der Waals surface area contributed by atoms with Gasteiger partial charge in [-0.3, -0.25) is 10.1 Å². The van der Waals surface area contributed by atoms with Crippen molar-refractivity contribution in [3.05, 3.63) is 47.2 Å². The minimum atomic E-state index is -0.487. The van der Waals surface area contributed by atoms with Crippen LogP contribution in [0.5, 0.6) is 5.75 Å². The van der Waals surface area contributed by atoms with Crippen molar-refractivity contribution in [3.8, 4) is 17.4 Å². The Bertz CT molecular complexity index is 798. The second-order valence-electron chi connectivity index (χ2n) is 4.17. The van der Waals surface area contributed by atoms with Crippen LogP contribution in [0, 0.1) is 0 Å². The number of benzene rings is 1. The van der Waals surface area contributed by atoms with E-state index in [2.05, 4.69) is 15.5 Å². The van der Waals surface area contributed by atoms with Gasteiger partial charge in [-0.2, -0.15) is 0 Å². The number of hydrogen-bond donors (Lipinski definition) is 1. The summed E-state index contributed by atoms with van der Waals surface area (Å²) >= 11 is 6.09. The first-order valence-electron chi connectivity index (χ1n) is 6.20. The van der Waals surface area contributed by atoms with Crippen LogP contribution >= 0.6 is 11.6 Å². The predicted molar refractivity (Wildman–Crippen MR) is 78.0 cm³/mol. The maximum absolute atomic E-state index is 12.2. The highest BCUT2D eigenvalue weighted by molar-refractivity contribution is 6.35. The Kier molecular flexibility index (Phi) is 3.80. The van der Waals surface area contributed by atoms with Gasteiger partial charge in [0.15, 0.2) is 5.76 Å². The van der Waals surface area contributed by atoms with Crippen LogP contribution in [0.3, 0.4) is 0 Å². The van der Waals surface area contributed by atoms with Crippen molar-refractivity contribution in [2.45, 2.75) is 0 Å². The molecule has 0 atom stereocenters. The largest absolute Gasteiger partial charge is 0.495 e. The third kappa shape index (κ3) is 2.66. The van der Waals surface area contributed by atoms with Gasteiger partial charge in [-0.1, -0.05) is 22.8 Å². The van der Waals surface area contributed by atoms with Gasteiger partial charge in [0, 0.05) is 0 Å². The van der Waals surface area contributed by atoms with Crippen LogP contribution in [-0.4, -0.2) is 23.2 Å². The van der Waals surface area contributed by atoms with Gasteiger partial charge >= 0.3 is 6.01 Å². The number of halogens is 1. The lowest BCUT2D eigenvalue weighted by atomic mass is 10.2. The standard InChI is InChI=1S/C14H10ClN3O4/c1-20-9-5-2-4-8(11(9)15)12(19)16-14-18-17-13(22-14)10-6-3-7-21-10/h2-7H,1H3,(H,16,18,19). The van der Waals surface area contributed by atoms with Crippen LogP contribution in [0.15, 0.2) is 45.4 Å². The summed E-state index contributed by atoms with van der Waals surface area (Å²) in [7, 11) is 1.47. The fourth-order valence-corrected chi connectivity index (χ4v) is 2.07. The van der Waals surface area contributed by atoms with Crippen LogP contribution in [-0.2, 0) is 0 Å². The molecule has 7 nitrogen and oxygen atoms in total. The van der Waals surface area contributed by atoms with Crippen molar-refractivity contribution in [3.63, 3.8) is 0 Å².